The van der Waals surface area contributed by atoms with Gasteiger partial charge in [-0.15, -0.1) is 23.2 Å². The Bertz CT molecular complexity index is 456. The molecule has 17 heavy (non-hydrogen) atoms. The summed E-state index contributed by atoms with van der Waals surface area (Å²) in [6, 6.07) is 0. The molecule has 0 unspecified atom stereocenters. The first-order valence-electron chi connectivity index (χ1n) is 5.85. The Kier molecular flexibility index (Phi) is 3.30. The van der Waals surface area contributed by atoms with E-state index in [0.717, 1.165) is 29.0 Å². The Morgan fingerprint density at radius 3 is 2.47 bits per heavy atom. The summed E-state index contributed by atoms with van der Waals surface area (Å²) >= 11 is 12.9. The summed E-state index contributed by atoms with van der Waals surface area (Å²) in [7, 11) is 0. The maximum Gasteiger partial charge on any atom is 0.141 e. The van der Waals surface area contributed by atoms with Gasteiger partial charge in [-0.1, -0.05) is 32.9 Å². The molecule has 0 N–H and O–H groups in total. The number of rotatable bonds is 1. The van der Waals surface area contributed by atoms with E-state index < -0.39 is 0 Å². The van der Waals surface area contributed by atoms with Gasteiger partial charge in [-0.2, -0.15) is 0 Å². The van der Waals surface area contributed by atoms with Gasteiger partial charge >= 0.3 is 0 Å². The first kappa shape index (κ1) is 13.0. The van der Waals surface area contributed by atoms with Gasteiger partial charge in [0.2, 0.25) is 0 Å². The van der Waals surface area contributed by atoms with Gasteiger partial charge in [0.15, 0.2) is 0 Å². The summed E-state index contributed by atoms with van der Waals surface area (Å²) in [4.78, 5) is 0. The Labute approximate surface area is 112 Å². The van der Waals surface area contributed by atoms with Crippen molar-refractivity contribution in [2.24, 2.45) is 5.41 Å². The molecule has 2 atom stereocenters. The number of nitrogens with zero attached hydrogens (tertiary/aromatic N) is 1. The standard InChI is InChI=1S/C13H17Cl2NO/c1-5-9-10-8(16-17-9)6-7(13(2,3)4)11(14)12(10)15/h6,11-12H,5H2,1-4H3/t11-,12-/m1/s1. The van der Waals surface area contributed by atoms with Gasteiger partial charge in [-0.3, -0.25) is 0 Å². The predicted molar refractivity (Wildman–Crippen MR) is 71.5 cm³/mol. The van der Waals surface area contributed by atoms with Crippen molar-refractivity contribution in [3.05, 3.63) is 22.6 Å². The molecule has 0 amide bonds. The van der Waals surface area contributed by atoms with E-state index in [9.17, 15) is 0 Å². The van der Waals surface area contributed by atoms with E-state index in [1.54, 1.807) is 0 Å². The maximum absolute atomic E-state index is 6.46. The number of aromatic nitrogens is 1. The molecule has 1 aromatic rings. The quantitative estimate of drug-likeness (QED) is 0.701. The highest BCUT2D eigenvalue weighted by Crippen LogP contribution is 2.46. The van der Waals surface area contributed by atoms with E-state index >= 15 is 0 Å². The second-order valence-electron chi connectivity index (χ2n) is 5.41. The molecule has 1 aromatic heterocycles. The van der Waals surface area contributed by atoms with Crippen LogP contribution in [0.5, 0.6) is 0 Å². The minimum atomic E-state index is -0.257. The Morgan fingerprint density at radius 2 is 1.94 bits per heavy atom. The minimum absolute atomic E-state index is 0.0113. The number of hydrogen-bond donors (Lipinski definition) is 0. The van der Waals surface area contributed by atoms with E-state index in [-0.39, 0.29) is 16.2 Å². The van der Waals surface area contributed by atoms with Crippen LogP contribution >= 0.6 is 23.2 Å². The van der Waals surface area contributed by atoms with Crippen LogP contribution in [-0.4, -0.2) is 10.5 Å². The summed E-state index contributed by atoms with van der Waals surface area (Å²) in [5, 5.41) is 3.62. The van der Waals surface area contributed by atoms with Crippen LogP contribution in [0.4, 0.5) is 0 Å². The SMILES string of the molecule is CCc1onc2c1[C@@H](Cl)[C@H](Cl)C(C(C)(C)C)=C2. The predicted octanol–water partition coefficient (Wildman–Crippen LogP) is 4.57. The van der Waals surface area contributed by atoms with E-state index in [1.165, 1.54) is 0 Å². The molecule has 4 heteroatoms. The van der Waals surface area contributed by atoms with Crippen molar-refractivity contribution in [1.29, 1.82) is 0 Å². The molecular formula is C13H17Cl2NO. The molecule has 0 aliphatic heterocycles. The smallest absolute Gasteiger partial charge is 0.141 e. The van der Waals surface area contributed by atoms with Crippen molar-refractivity contribution >= 4 is 29.3 Å². The first-order chi connectivity index (χ1) is 7.86. The number of alkyl halides is 2. The van der Waals surface area contributed by atoms with E-state index in [4.69, 9.17) is 27.7 Å². The largest absolute Gasteiger partial charge is 0.360 e. The van der Waals surface area contributed by atoms with Crippen LogP contribution in [0.3, 0.4) is 0 Å². The molecule has 0 bridgehead atoms. The molecule has 0 fully saturated rings. The lowest BCUT2D eigenvalue weighted by Crippen LogP contribution is -2.25. The lowest BCUT2D eigenvalue weighted by molar-refractivity contribution is 0.384. The van der Waals surface area contributed by atoms with Crippen molar-refractivity contribution in [2.45, 2.75) is 44.9 Å². The third-order valence-electron chi connectivity index (χ3n) is 3.14. The molecule has 1 aliphatic rings. The number of hydrogen-bond acceptors (Lipinski definition) is 2. The van der Waals surface area contributed by atoms with Gasteiger partial charge in [0.1, 0.15) is 11.5 Å². The van der Waals surface area contributed by atoms with Crippen molar-refractivity contribution in [2.75, 3.05) is 0 Å². The molecular weight excluding hydrogens is 257 g/mol. The Morgan fingerprint density at radius 1 is 1.29 bits per heavy atom. The molecule has 2 rings (SSSR count). The van der Waals surface area contributed by atoms with Gasteiger partial charge in [-0.25, -0.2) is 0 Å². The summed E-state index contributed by atoms with van der Waals surface area (Å²) in [6.45, 7) is 8.41. The minimum Gasteiger partial charge on any atom is -0.360 e. The van der Waals surface area contributed by atoms with Crippen molar-refractivity contribution < 1.29 is 4.52 Å². The monoisotopic (exact) mass is 273 g/mol. The topological polar surface area (TPSA) is 26.0 Å². The van der Waals surface area contributed by atoms with Gasteiger partial charge < -0.3 is 4.52 Å². The summed E-state index contributed by atoms with van der Waals surface area (Å²) in [6.07, 6.45) is 2.81. The van der Waals surface area contributed by atoms with Crippen molar-refractivity contribution in [3.63, 3.8) is 0 Å². The third-order valence-corrected chi connectivity index (χ3v) is 4.23. The van der Waals surface area contributed by atoms with Crippen LogP contribution in [0.15, 0.2) is 10.1 Å². The highest BCUT2D eigenvalue weighted by Gasteiger charge is 2.37. The zero-order chi connectivity index (χ0) is 12.8. The zero-order valence-electron chi connectivity index (χ0n) is 10.6. The summed E-state index contributed by atoms with van der Waals surface area (Å²) in [5.74, 6) is 0.842. The van der Waals surface area contributed by atoms with E-state index in [2.05, 4.69) is 25.9 Å². The number of fused-ring (bicyclic) bond motifs is 1. The van der Waals surface area contributed by atoms with E-state index in [1.807, 2.05) is 13.0 Å². The second-order valence-corrected chi connectivity index (χ2v) is 6.35. The van der Waals surface area contributed by atoms with Gasteiger partial charge in [0.05, 0.1) is 10.8 Å². The van der Waals surface area contributed by atoms with Gasteiger partial charge in [-0.05, 0) is 17.1 Å². The van der Waals surface area contributed by atoms with Crippen LogP contribution in [0, 0.1) is 5.41 Å². The Balaban J connectivity index is 2.55. The fourth-order valence-electron chi connectivity index (χ4n) is 2.16. The molecule has 0 radical (unpaired) electrons. The molecule has 1 aliphatic carbocycles. The lowest BCUT2D eigenvalue weighted by Gasteiger charge is -2.32. The highest BCUT2D eigenvalue weighted by atomic mass is 35.5. The molecule has 0 saturated carbocycles. The van der Waals surface area contributed by atoms with Gasteiger partial charge in [0.25, 0.3) is 0 Å². The average Bonchev–Trinajstić information content (AvgIpc) is 2.64. The maximum atomic E-state index is 6.46. The van der Waals surface area contributed by atoms with Crippen LogP contribution in [0.2, 0.25) is 0 Å². The zero-order valence-corrected chi connectivity index (χ0v) is 12.1. The summed E-state index contributed by atoms with van der Waals surface area (Å²) < 4.78 is 5.31. The van der Waals surface area contributed by atoms with E-state index in [0.29, 0.717) is 0 Å². The fourth-order valence-corrected chi connectivity index (χ4v) is 3.05. The number of aryl methyl sites for hydroxylation is 1. The molecule has 1 heterocycles. The average molecular weight is 274 g/mol. The van der Waals surface area contributed by atoms with Gasteiger partial charge in [0, 0.05) is 12.0 Å². The van der Waals surface area contributed by atoms with Crippen molar-refractivity contribution in [3.8, 4) is 0 Å². The van der Waals surface area contributed by atoms with Crippen LogP contribution in [0.1, 0.15) is 50.1 Å². The normalized spacial score (nSPS) is 24.5. The lowest BCUT2D eigenvalue weighted by atomic mass is 9.79. The van der Waals surface area contributed by atoms with Crippen molar-refractivity contribution in [1.82, 2.24) is 5.16 Å². The molecule has 94 valence electrons. The molecule has 2 nitrogen and oxygen atoms in total. The van der Waals surface area contributed by atoms with Crippen LogP contribution in [-0.2, 0) is 6.42 Å². The highest BCUT2D eigenvalue weighted by molar-refractivity contribution is 6.32. The molecule has 0 aromatic carbocycles. The van der Waals surface area contributed by atoms with Crippen LogP contribution in [0.25, 0.3) is 6.08 Å². The first-order valence-corrected chi connectivity index (χ1v) is 6.72. The van der Waals surface area contributed by atoms with Crippen LogP contribution < -0.4 is 0 Å². The molecule has 0 saturated heterocycles. The third kappa shape index (κ3) is 2.13. The Hall–Kier alpha value is -0.470. The summed E-state index contributed by atoms with van der Waals surface area (Å²) in [5.41, 5.74) is 2.90. The fraction of sp³-hybridized carbons (Fsp3) is 0.615. The number of allylic oxidation sites excluding steroid dienone is 1. The second kappa shape index (κ2) is 4.33. The number of halogens is 2. The molecule has 0 spiro atoms.